The van der Waals surface area contributed by atoms with Crippen LogP contribution in [0.5, 0.6) is 0 Å². The van der Waals surface area contributed by atoms with E-state index in [1.54, 1.807) is 33.0 Å². The van der Waals surface area contributed by atoms with Gasteiger partial charge in [0.1, 0.15) is 4.90 Å². The second-order valence-electron chi connectivity index (χ2n) is 4.29. The van der Waals surface area contributed by atoms with Gasteiger partial charge in [-0.1, -0.05) is 0 Å². The molecule has 0 saturated heterocycles. The van der Waals surface area contributed by atoms with Crippen molar-refractivity contribution in [3.63, 3.8) is 0 Å². The van der Waals surface area contributed by atoms with Gasteiger partial charge in [0, 0.05) is 7.05 Å². The normalized spacial score (nSPS) is 11.6. The van der Waals surface area contributed by atoms with E-state index in [1.807, 2.05) is 0 Å². The first-order valence-corrected chi connectivity index (χ1v) is 8.89. The Balaban J connectivity index is 2.17. The van der Waals surface area contributed by atoms with Crippen molar-refractivity contribution in [3.8, 4) is 0 Å². The van der Waals surface area contributed by atoms with Crippen molar-refractivity contribution in [1.82, 2.24) is 20.0 Å². The highest BCUT2D eigenvalue weighted by Gasteiger charge is 2.24. The lowest BCUT2D eigenvalue weighted by Gasteiger charge is -2.07. The number of hydrogen-bond acceptors (Lipinski definition) is 5. The molecule has 0 fully saturated rings. The lowest BCUT2D eigenvalue weighted by molar-refractivity contribution is 0.0949. The van der Waals surface area contributed by atoms with Gasteiger partial charge in [0.05, 0.1) is 20.1 Å². The summed E-state index contributed by atoms with van der Waals surface area (Å²) in [5.74, 6) is -0.520. The van der Waals surface area contributed by atoms with Gasteiger partial charge < -0.3 is 0 Å². The fourth-order valence-electron chi connectivity index (χ4n) is 1.81. The number of nitrogens with one attached hydrogen (secondary N) is 2. The molecule has 21 heavy (non-hydrogen) atoms. The zero-order valence-corrected chi connectivity index (χ0v) is 14.7. The summed E-state index contributed by atoms with van der Waals surface area (Å²) in [5.41, 5.74) is 3.05. The molecule has 2 aromatic heterocycles. The zero-order valence-electron chi connectivity index (χ0n) is 11.5. The van der Waals surface area contributed by atoms with E-state index in [1.165, 1.54) is 16.0 Å². The Morgan fingerprint density at radius 2 is 2.05 bits per heavy atom. The van der Waals surface area contributed by atoms with Crippen molar-refractivity contribution in [1.29, 1.82) is 0 Å². The highest BCUT2D eigenvalue weighted by Crippen LogP contribution is 2.22. The van der Waals surface area contributed by atoms with E-state index in [0.717, 1.165) is 3.79 Å². The van der Waals surface area contributed by atoms with Gasteiger partial charge in [-0.15, -0.1) is 16.2 Å². The molecule has 0 aliphatic rings. The van der Waals surface area contributed by atoms with Crippen LogP contribution in [0.15, 0.2) is 20.8 Å². The summed E-state index contributed by atoms with van der Waals surface area (Å²) < 4.78 is 26.7. The number of carbonyl (C=O) groups excluding carboxylic acids is 1. The number of halogens is 1. The first-order valence-electron chi connectivity index (χ1n) is 5.80. The van der Waals surface area contributed by atoms with Crippen LogP contribution in [-0.4, -0.2) is 24.1 Å². The summed E-state index contributed by atoms with van der Waals surface area (Å²) >= 11 is 4.44. The summed E-state index contributed by atoms with van der Waals surface area (Å²) in [6.45, 7) is 3.24. The molecule has 0 spiro atoms. The topological polar surface area (TPSA) is 93.1 Å². The molecule has 2 aromatic rings. The molecule has 2 N–H and O–H groups in total. The van der Waals surface area contributed by atoms with Crippen molar-refractivity contribution in [2.24, 2.45) is 7.05 Å². The number of aryl methyl sites for hydroxylation is 2. The third kappa shape index (κ3) is 3.34. The van der Waals surface area contributed by atoms with Crippen molar-refractivity contribution in [3.05, 3.63) is 32.2 Å². The van der Waals surface area contributed by atoms with Crippen LogP contribution in [0, 0.1) is 13.8 Å². The molecule has 0 atom stereocenters. The Kier molecular flexibility index (Phi) is 4.51. The van der Waals surface area contributed by atoms with E-state index in [2.05, 4.69) is 31.3 Å². The van der Waals surface area contributed by atoms with Crippen LogP contribution in [0.25, 0.3) is 0 Å². The Labute approximate surface area is 134 Å². The number of hydrazine groups is 1. The van der Waals surface area contributed by atoms with Gasteiger partial charge in [-0.25, -0.2) is 8.42 Å². The number of carbonyl (C=O) groups is 1. The maximum absolute atomic E-state index is 12.2. The smallest absolute Gasteiger partial charge is 0.273 e. The van der Waals surface area contributed by atoms with Crippen LogP contribution in [0.2, 0.25) is 0 Å². The average molecular weight is 393 g/mol. The van der Waals surface area contributed by atoms with E-state index in [0.29, 0.717) is 16.3 Å². The summed E-state index contributed by atoms with van der Waals surface area (Å²) in [4.78, 5) is 14.4. The molecule has 7 nitrogen and oxygen atoms in total. The predicted octanol–water partition coefficient (Wildman–Crippen LogP) is 1.48. The second-order valence-corrected chi connectivity index (χ2v) is 8.37. The van der Waals surface area contributed by atoms with Crippen LogP contribution < -0.4 is 10.3 Å². The highest BCUT2D eigenvalue weighted by atomic mass is 79.9. The Morgan fingerprint density at radius 1 is 1.38 bits per heavy atom. The van der Waals surface area contributed by atoms with Crippen LogP contribution in [0.1, 0.15) is 21.1 Å². The minimum Gasteiger partial charge on any atom is -0.273 e. The molecule has 0 bridgehead atoms. The fourth-order valence-corrected chi connectivity index (χ4v) is 4.37. The van der Waals surface area contributed by atoms with Gasteiger partial charge in [0.2, 0.25) is 0 Å². The van der Waals surface area contributed by atoms with Gasteiger partial charge >= 0.3 is 0 Å². The molecule has 0 radical (unpaired) electrons. The molecule has 0 aliphatic carbocycles. The number of aromatic nitrogens is 2. The third-order valence-corrected chi connectivity index (χ3v) is 5.93. The molecular formula is C11H13BrN4O3S2. The van der Waals surface area contributed by atoms with Crippen LogP contribution in [-0.2, 0) is 17.1 Å². The van der Waals surface area contributed by atoms with E-state index in [-0.39, 0.29) is 4.90 Å². The molecule has 114 valence electrons. The number of hydrogen-bond donors (Lipinski definition) is 2. The summed E-state index contributed by atoms with van der Waals surface area (Å²) in [5, 5.41) is 4.05. The van der Waals surface area contributed by atoms with Gasteiger partial charge in [0.15, 0.2) is 0 Å². The summed E-state index contributed by atoms with van der Waals surface area (Å²) in [6.07, 6.45) is 0. The molecule has 0 aromatic carbocycles. The predicted molar refractivity (Wildman–Crippen MR) is 82.5 cm³/mol. The Bertz CT molecular complexity index is 794. The molecule has 2 heterocycles. The number of sulfonamides is 1. The van der Waals surface area contributed by atoms with Crippen molar-refractivity contribution in [2.75, 3.05) is 0 Å². The fraction of sp³-hybridized carbons (Fsp3) is 0.273. The standard InChI is InChI=1S/C11H13BrN4O3S2/c1-6-10(7(2)16(3)14-6)21(18,19)15-13-11(17)8-4-5-9(12)20-8/h4-5,15H,1-3H3,(H,13,17). The van der Waals surface area contributed by atoms with Crippen molar-refractivity contribution in [2.45, 2.75) is 18.7 Å². The number of rotatable bonds is 4. The minimum atomic E-state index is -3.87. The molecule has 0 unspecified atom stereocenters. The largest absolute Gasteiger partial charge is 0.276 e. The monoisotopic (exact) mass is 392 g/mol. The Hall–Kier alpha value is -1.23. The van der Waals surface area contributed by atoms with Crippen LogP contribution in [0.3, 0.4) is 0 Å². The number of nitrogens with zero attached hydrogens (tertiary/aromatic N) is 2. The van der Waals surface area contributed by atoms with E-state index >= 15 is 0 Å². The number of thiophene rings is 1. The molecule has 2 rings (SSSR count). The van der Waals surface area contributed by atoms with Crippen molar-refractivity contribution >= 4 is 43.2 Å². The SMILES string of the molecule is Cc1nn(C)c(C)c1S(=O)(=O)NNC(=O)c1ccc(Br)s1. The molecule has 0 saturated carbocycles. The summed E-state index contributed by atoms with van der Waals surface area (Å²) in [7, 11) is -2.21. The quantitative estimate of drug-likeness (QED) is 0.770. The molecular weight excluding hydrogens is 380 g/mol. The highest BCUT2D eigenvalue weighted by molar-refractivity contribution is 9.11. The van der Waals surface area contributed by atoms with Gasteiger partial charge in [-0.2, -0.15) is 5.10 Å². The second kappa shape index (κ2) is 5.87. The zero-order chi connectivity index (χ0) is 15.8. The summed E-state index contributed by atoms with van der Waals surface area (Å²) in [6, 6.07) is 3.31. The maximum Gasteiger partial charge on any atom is 0.276 e. The molecule has 1 amide bonds. The maximum atomic E-state index is 12.2. The first kappa shape index (κ1) is 16.1. The average Bonchev–Trinajstić information content (AvgIpc) is 2.92. The molecule has 10 heteroatoms. The Morgan fingerprint density at radius 3 is 2.52 bits per heavy atom. The van der Waals surface area contributed by atoms with Crippen molar-refractivity contribution < 1.29 is 13.2 Å². The lowest BCUT2D eigenvalue weighted by atomic mass is 10.4. The van der Waals surface area contributed by atoms with Gasteiger partial charge in [-0.05, 0) is 41.9 Å². The van der Waals surface area contributed by atoms with Crippen LogP contribution in [0.4, 0.5) is 0 Å². The van der Waals surface area contributed by atoms with Crippen LogP contribution >= 0.6 is 27.3 Å². The van der Waals surface area contributed by atoms with E-state index in [9.17, 15) is 13.2 Å². The molecule has 0 aliphatic heterocycles. The van der Waals surface area contributed by atoms with Gasteiger partial charge in [0.25, 0.3) is 15.9 Å². The van der Waals surface area contributed by atoms with E-state index in [4.69, 9.17) is 0 Å². The van der Waals surface area contributed by atoms with Gasteiger partial charge in [-0.3, -0.25) is 14.9 Å². The number of amides is 1. The lowest BCUT2D eigenvalue weighted by Crippen LogP contribution is -2.41. The van der Waals surface area contributed by atoms with E-state index < -0.39 is 15.9 Å². The first-order chi connectivity index (χ1) is 9.72. The minimum absolute atomic E-state index is 0.0673. The third-order valence-electron chi connectivity index (χ3n) is 2.81.